The topological polar surface area (TPSA) is 66.5 Å². The Labute approximate surface area is 167 Å². The number of benzene rings is 2. The van der Waals surface area contributed by atoms with Gasteiger partial charge in [-0.1, -0.05) is 41.4 Å². The second kappa shape index (κ2) is 9.10. The van der Waals surface area contributed by atoms with E-state index in [0.29, 0.717) is 21.5 Å². The predicted octanol–water partition coefficient (Wildman–Crippen LogP) is 4.12. The summed E-state index contributed by atoms with van der Waals surface area (Å²) in [6.07, 6.45) is 0. The summed E-state index contributed by atoms with van der Waals surface area (Å²) in [6, 6.07) is 11.7. The number of amides is 1. The van der Waals surface area contributed by atoms with Crippen LogP contribution >= 0.6 is 35.0 Å². The van der Waals surface area contributed by atoms with Gasteiger partial charge in [-0.3, -0.25) is 4.79 Å². The van der Waals surface area contributed by atoms with Crippen molar-refractivity contribution in [2.75, 3.05) is 25.2 Å². The highest BCUT2D eigenvalue weighted by molar-refractivity contribution is 7.99. The minimum atomic E-state index is -3.47. The molecule has 1 N–H and O–H groups in total. The summed E-state index contributed by atoms with van der Waals surface area (Å²) in [4.78, 5) is 12.3. The predicted molar refractivity (Wildman–Crippen MR) is 109 cm³/mol. The summed E-state index contributed by atoms with van der Waals surface area (Å²) >= 11 is 13.3. The molecule has 0 aliphatic rings. The molecule has 0 aliphatic carbocycles. The van der Waals surface area contributed by atoms with Crippen molar-refractivity contribution in [3.63, 3.8) is 0 Å². The first-order chi connectivity index (χ1) is 12.2. The van der Waals surface area contributed by atoms with E-state index in [1.165, 1.54) is 30.2 Å². The SMILES string of the molecule is CN(C)S(=O)(=O)c1cccc(CSCC(=O)Nc2cccc(Cl)c2Cl)c1. The number of carbonyl (C=O) groups excluding carboxylic acids is 1. The Morgan fingerprint density at radius 3 is 2.54 bits per heavy atom. The molecule has 9 heteroatoms. The van der Waals surface area contributed by atoms with Crippen molar-refractivity contribution in [3.8, 4) is 0 Å². The van der Waals surface area contributed by atoms with Crippen LogP contribution < -0.4 is 5.32 Å². The quantitative estimate of drug-likeness (QED) is 0.714. The molecule has 2 rings (SSSR count). The summed E-state index contributed by atoms with van der Waals surface area (Å²) in [5.41, 5.74) is 1.29. The summed E-state index contributed by atoms with van der Waals surface area (Å²) in [6.45, 7) is 0. The van der Waals surface area contributed by atoms with Crippen molar-refractivity contribution in [2.45, 2.75) is 10.6 Å². The van der Waals surface area contributed by atoms with E-state index in [-0.39, 0.29) is 16.6 Å². The molecule has 0 atom stereocenters. The van der Waals surface area contributed by atoms with Crippen LogP contribution in [-0.4, -0.2) is 38.5 Å². The van der Waals surface area contributed by atoms with Crippen LogP contribution in [0.25, 0.3) is 0 Å². The second-order valence-electron chi connectivity index (χ2n) is 5.58. The fraction of sp³-hybridized carbons (Fsp3) is 0.235. The van der Waals surface area contributed by atoms with Gasteiger partial charge in [0, 0.05) is 19.8 Å². The van der Waals surface area contributed by atoms with Crippen LogP contribution in [0.15, 0.2) is 47.4 Å². The molecule has 0 spiro atoms. The Morgan fingerprint density at radius 1 is 1.15 bits per heavy atom. The van der Waals surface area contributed by atoms with E-state index >= 15 is 0 Å². The Bertz CT molecular complexity index is 903. The monoisotopic (exact) mass is 432 g/mol. The number of sulfonamides is 1. The first-order valence-electron chi connectivity index (χ1n) is 7.55. The van der Waals surface area contributed by atoms with Crippen molar-refractivity contribution in [3.05, 3.63) is 58.1 Å². The number of anilines is 1. The molecule has 0 heterocycles. The van der Waals surface area contributed by atoms with Crippen LogP contribution in [0, 0.1) is 0 Å². The van der Waals surface area contributed by atoms with Crippen molar-refractivity contribution in [1.29, 1.82) is 0 Å². The maximum absolute atomic E-state index is 12.2. The fourth-order valence-corrected chi connectivity index (χ4v) is 4.15. The van der Waals surface area contributed by atoms with Gasteiger partial charge in [-0.2, -0.15) is 0 Å². The summed E-state index contributed by atoms with van der Waals surface area (Å²) in [7, 11) is -0.496. The third kappa shape index (κ3) is 5.37. The Kier molecular flexibility index (Phi) is 7.37. The molecule has 0 aliphatic heterocycles. The zero-order valence-electron chi connectivity index (χ0n) is 14.2. The number of rotatable bonds is 7. The third-order valence-electron chi connectivity index (χ3n) is 3.40. The van der Waals surface area contributed by atoms with Crippen molar-refractivity contribution in [1.82, 2.24) is 4.31 Å². The van der Waals surface area contributed by atoms with E-state index in [4.69, 9.17) is 23.2 Å². The number of thioether (sulfide) groups is 1. The lowest BCUT2D eigenvalue weighted by Gasteiger charge is -2.12. The number of hydrogen-bond acceptors (Lipinski definition) is 4. The lowest BCUT2D eigenvalue weighted by molar-refractivity contribution is -0.113. The van der Waals surface area contributed by atoms with Gasteiger partial charge in [-0.15, -0.1) is 11.8 Å². The van der Waals surface area contributed by atoms with E-state index in [9.17, 15) is 13.2 Å². The highest BCUT2D eigenvalue weighted by Crippen LogP contribution is 2.29. The molecule has 0 aromatic heterocycles. The van der Waals surface area contributed by atoms with E-state index in [1.807, 2.05) is 6.07 Å². The van der Waals surface area contributed by atoms with E-state index < -0.39 is 10.0 Å². The minimum Gasteiger partial charge on any atom is -0.324 e. The van der Waals surface area contributed by atoms with Crippen molar-refractivity contribution < 1.29 is 13.2 Å². The largest absolute Gasteiger partial charge is 0.324 e. The lowest BCUT2D eigenvalue weighted by Crippen LogP contribution is -2.22. The molecule has 1 amide bonds. The van der Waals surface area contributed by atoms with Gasteiger partial charge in [0.2, 0.25) is 15.9 Å². The van der Waals surface area contributed by atoms with Gasteiger partial charge in [-0.25, -0.2) is 12.7 Å². The maximum Gasteiger partial charge on any atom is 0.242 e. The Balaban J connectivity index is 1.94. The molecule has 0 bridgehead atoms. The van der Waals surface area contributed by atoms with Gasteiger partial charge < -0.3 is 5.32 Å². The molecule has 2 aromatic rings. The highest BCUT2D eigenvalue weighted by atomic mass is 35.5. The molecule has 5 nitrogen and oxygen atoms in total. The number of carbonyl (C=O) groups is 1. The van der Waals surface area contributed by atoms with Crippen molar-refractivity contribution in [2.24, 2.45) is 0 Å². The zero-order valence-corrected chi connectivity index (χ0v) is 17.3. The number of halogens is 2. The summed E-state index contributed by atoms with van der Waals surface area (Å²) in [5, 5.41) is 3.38. The Hall–Kier alpha value is -1.25. The van der Waals surface area contributed by atoms with Gasteiger partial charge in [0.1, 0.15) is 0 Å². The molecule has 2 aromatic carbocycles. The van der Waals surface area contributed by atoms with Gasteiger partial charge in [0.25, 0.3) is 0 Å². The molecule has 140 valence electrons. The first kappa shape index (κ1) is 21.1. The van der Waals surface area contributed by atoms with Gasteiger partial charge in [-0.05, 0) is 29.8 Å². The van der Waals surface area contributed by atoms with E-state index in [2.05, 4.69) is 5.32 Å². The average Bonchev–Trinajstić information content (AvgIpc) is 2.59. The average molecular weight is 433 g/mol. The zero-order chi connectivity index (χ0) is 19.3. The van der Waals surface area contributed by atoms with E-state index in [0.717, 1.165) is 5.56 Å². The lowest BCUT2D eigenvalue weighted by atomic mass is 10.2. The minimum absolute atomic E-state index is 0.202. The Morgan fingerprint density at radius 2 is 1.85 bits per heavy atom. The first-order valence-corrected chi connectivity index (χ1v) is 10.9. The molecular weight excluding hydrogens is 415 g/mol. The van der Waals surface area contributed by atoms with Crippen LogP contribution in [0.2, 0.25) is 10.0 Å². The van der Waals surface area contributed by atoms with Crippen molar-refractivity contribution >= 4 is 56.6 Å². The van der Waals surface area contributed by atoms with Crippen LogP contribution in [-0.2, 0) is 20.6 Å². The third-order valence-corrected chi connectivity index (χ3v) is 7.04. The smallest absolute Gasteiger partial charge is 0.242 e. The normalized spacial score (nSPS) is 11.6. The van der Waals surface area contributed by atoms with Gasteiger partial charge >= 0.3 is 0 Å². The van der Waals surface area contributed by atoms with Crippen LogP contribution in [0.4, 0.5) is 5.69 Å². The maximum atomic E-state index is 12.2. The van der Waals surface area contributed by atoms with Crippen LogP contribution in [0.1, 0.15) is 5.56 Å². The standard InChI is InChI=1S/C17H18Cl2N2O3S2/c1-21(2)26(23,24)13-6-3-5-12(9-13)10-25-11-16(22)20-15-8-4-7-14(18)17(15)19/h3-9H,10-11H2,1-2H3,(H,20,22). The van der Waals surface area contributed by atoms with E-state index in [1.54, 1.807) is 36.4 Å². The van der Waals surface area contributed by atoms with Gasteiger partial charge in [0.15, 0.2) is 0 Å². The molecule has 26 heavy (non-hydrogen) atoms. The number of nitrogens with one attached hydrogen (secondary N) is 1. The molecule has 0 unspecified atom stereocenters. The summed E-state index contributed by atoms with van der Waals surface area (Å²) < 4.78 is 25.5. The molecule has 0 radical (unpaired) electrons. The molecule has 0 fully saturated rings. The fourth-order valence-electron chi connectivity index (χ4n) is 2.05. The van der Waals surface area contributed by atoms with Crippen LogP contribution in [0.3, 0.4) is 0 Å². The number of nitrogens with zero attached hydrogens (tertiary/aromatic N) is 1. The molecule has 0 saturated carbocycles. The highest BCUT2D eigenvalue weighted by Gasteiger charge is 2.17. The second-order valence-corrected chi connectivity index (χ2v) is 9.50. The van der Waals surface area contributed by atoms with Crippen LogP contribution in [0.5, 0.6) is 0 Å². The molecular formula is C17H18Cl2N2O3S2. The molecule has 0 saturated heterocycles. The number of hydrogen-bond donors (Lipinski definition) is 1. The van der Waals surface area contributed by atoms with Gasteiger partial charge in [0.05, 0.1) is 26.4 Å². The summed E-state index contributed by atoms with van der Waals surface area (Å²) in [5.74, 6) is 0.497.